The predicted molar refractivity (Wildman–Crippen MR) is 126 cm³/mol. The lowest BCUT2D eigenvalue weighted by molar-refractivity contribution is -0.123. The van der Waals surface area contributed by atoms with Gasteiger partial charge in [0.2, 0.25) is 5.91 Å². The molecule has 4 N–H and O–H groups in total. The first-order valence-electron chi connectivity index (χ1n) is 10.9. The molecule has 2 amide bonds. The summed E-state index contributed by atoms with van der Waals surface area (Å²) in [6, 6.07) is 8.86. The Morgan fingerprint density at radius 2 is 1.97 bits per heavy atom. The molecule has 1 saturated heterocycles. The van der Waals surface area contributed by atoms with E-state index in [0.717, 1.165) is 42.3 Å². The lowest BCUT2D eigenvalue weighted by atomic mass is 10.0. The van der Waals surface area contributed by atoms with E-state index < -0.39 is 6.04 Å². The van der Waals surface area contributed by atoms with Gasteiger partial charge in [0.05, 0.1) is 11.8 Å². The Kier molecular flexibility index (Phi) is 8.59. The van der Waals surface area contributed by atoms with Crippen molar-refractivity contribution >= 4 is 28.3 Å². The van der Waals surface area contributed by atoms with Gasteiger partial charge >= 0.3 is 0 Å². The van der Waals surface area contributed by atoms with Crippen LogP contribution in [0.15, 0.2) is 29.6 Å². The Morgan fingerprint density at radius 1 is 1.25 bits per heavy atom. The van der Waals surface area contributed by atoms with Gasteiger partial charge in [0.15, 0.2) is 5.13 Å². The zero-order chi connectivity index (χ0) is 22.9. The van der Waals surface area contributed by atoms with Crippen molar-refractivity contribution in [2.45, 2.75) is 45.2 Å². The monoisotopic (exact) mass is 454 g/mol. The standard InChI is InChI=1S/C23H30N6O2S/c1-15(2)13-19(22(31)26-12-9-24)28-21(30)17-5-3-16(4-6-17)20-14-32-23(29-20)27-18-7-10-25-11-8-18/h3-6,14-15,18-19,25H,7-8,10-13H2,1-2H3,(H,26,31)(H,27,29)(H,28,30)/t19-/m0/s1. The minimum atomic E-state index is -0.683. The molecule has 1 fully saturated rings. The van der Waals surface area contributed by atoms with Gasteiger partial charge in [-0.2, -0.15) is 5.26 Å². The highest BCUT2D eigenvalue weighted by atomic mass is 32.1. The highest BCUT2D eigenvalue weighted by Crippen LogP contribution is 2.26. The average molecular weight is 455 g/mol. The Hall–Kier alpha value is -2.96. The minimum absolute atomic E-state index is 0.0832. The van der Waals surface area contributed by atoms with E-state index in [2.05, 4.69) is 26.3 Å². The minimum Gasteiger partial charge on any atom is -0.359 e. The summed E-state index contributed by atoms with van der Waals surface area (Å²) in [5.41, 5.74) is 2.27. The number of hydrogen-bond acceptors (Lipinski definition) is 7. The molecule has 0 saturated carbocycles. The maximum atomic E-state index is 12.7. The van der Waals surface area contributed by atoms with E-state index in [9.17, 15) is 9.59 Å². The maximum absolute atomic E-state index is 12.7. The zero-order valence-electron chi connectivity index (χ0n) is 18.5. The number of anilines is 1. The molecular formula is C23H30N6O2S. The first-order chi connectivity index (χ1) is 15.5. The second-order valence-corrected chi connectivity index (χ2v) is 9.17. The fourth-order valence-electron chi connectivity index (χ4n) is 3.60. The highest BCUT2D eigenvalue weighted by Gasteiger charge is 2.22. The van der Waals surface area contributed by atoms with Crippen molar-refractivity contribution in [3.05, 3.63) is 35.2 Å². The number of nitriles is 1. The first-order valence-corrected chi connectivity index (χ1v) is 11.8. The van der Waals surface area contributed by atoms with Crippen molar-refractivity contribution in [1.29, 1.82) is 5.26 Å². The normalized spacial score (nSPS) is 15.1. The number of piperidine rings is 1. The molecule has 3 rings (SSSR count). The van der Waals surface area contributed by atoms with Crippen molar-refractivity contribution in [3.8, 4) is 17.3 Å². The number of benzene rings is 1. The van der Waals surface area contributed by atoms with Crippen LogP contribution >= 0.6 is 11.3 Å². The summed E-state index contributed by atoms with van der Waals surface area (Å²) in [6.07, 6.45) is 2.67. The lowest BCUT2D eigenvalue weighted by Crippen LogP contribution is -2.47. The van der Waals surface area contributed by atoms with Crippen LogP contribution in [0.4, 0.5) is 5.13 Å². The van der Waals surface area contributed by atoms with Gasteiger partial charge in [0, 0.05) is 22.5 Å². The number of thiazole rings is 1. The third kappa shape index (κ3) is 6.77. The highest BCUT2D eigenvalue weighted by molar-refractivity contribution is 7.14. The summed E-state index contributed by atoms with van der Waals surface area (Å²) in [5, 5.41) is 23.8. The van der Waals surface area contributed by atoms with Gasteiger partial charge in [-0.05, 0) is 50.4 Å². The van der Waals surface area contributed by atoms with E-state index in [4.69, 9.17) is 5.26 Å². The number of nitrogens with zero attached hydrogens (tertiary/aromatic N) is 2. The SMILES string of the molecule is CC(C)C[C@H](NC(=O)c1ccc(-c2csc(NC3CCNCC3)n2)cc1)C(=O)NCC#N. The Labute approximate surface area is 192 Å². The summed E-state index contributed by atoms with van der Waals surface area (Å²) in [5.74, 6) is -0.449. The molecule has 1 aliphatic rings. The number of carbonyl (C=O) groups excluding carboxylic acids is 2. The van der Waals surface area contributed by atoms with E-state index in [1.165, 1.54) is 0 Å². The van der Waals surface area contributed by atoms with E-state index in [1.54, 1.807) is 23.5 Å². The molecule has 170 valence electrons. The van der Waals surface area contributed by atoms with Gasteiger partial charge in [-0.1, -0.05) is 26.0 Å². The summed E-state index contributed by atoms with van der Waals surface area (Å²) < 4.78 is 0. The van der Waals surface area contributed by atoms with Crippen LogP contribution in [0.5, 0.6) is 0 Å². The number of aromatic nitrogens is 1. The molecule has 1 aliphatic heterocycles. The fourth-order valence-corrected chi connectivity index (χ4v) is 4.40. The Balaban J connectivity index is 1.62. The number of rotatable bonds is 9. The van der Waals surface area contributed by atoms with Crippen LogP contribution in [0, 0.1) is 17.2 Å². The maximum Gasteiger partial charge on any atom is 0.251 e. The van der Waals surface area contributed by atoms with Gasteiger partial charge < -0.3 is 21.3 Å². The molecule has 32 heavy (non-hydrogen) atoms. The van der Waals surface area contributed by atoms with Gasteiger partial charge in [-0.15, -0.1) is 11.3 Å². The number of carbonyl (C=O) groups is 2. The molecular weight excluding hydrogens is 424 g/mol. The largest absolute Gasteiger partial charge is 0.359 e. The third-order valence-electron chi connectivity index (χ3n) is 5.28. The molecule has 9 heteroatoms. The van der Waals surface area contributed by atoms with Crippen LogP contribution in [0.25, 0.3) is 11.3 Å². The van der Waals surface area contributed by atoms with Gasteiger partial charge in [-0.3, -0.25) is 9.59 Å². The summed E-state index contributed by atoms with van der Waals surface area (Å²) >= 11 is 1.58. The topological polar surface area (TPSA) is 119 Å². The molecule has 1 aromatic heterocycles. The fraction of sp³-hybridized carbons (Fsp3) is 0.478. The van der Waals surface area contributed by atoms with Crippen LogP contribution in [-0.2, 0) is 4.79 Å². The quantitative estimate of drug-likeness (QED) is 0.433. The van der Waals surface area contributed by atoms with Crippen LogP contribution in [0.2, 0.25) is 0 Å². The lowest BCUT2D eigenvalue weighted by Gasteiger charge is -2.23. The van der Waals surface area contributed by atoms with Gasteiger partial charge in [-0.25, -0.2) is 4.98 Å². The summed E-state index contributed by atoms with van der Waals surface area (Å²) in [4.78, 5) is 29.7. The van der Waals surface area contributed by atoms with Gasteiger partial charge in [0.1, 0.15) is 12.6 Å². The molecule has 1 aromatic carbocycles. The van der Waals surface area contributed by atoms with E-state index in [-0.39, 0.29) is 24.3 Å². The van der Waals surface area contributed by atoms with E-state index >= 15 is 0 Å². The second-order valence-electron chi connectivity index (χ2n) is 8.32. The number of amides is 2. The molecule has 2 heterocycles. The molecule has 0 radical (unpaired) electrons. The van der Waals surface area contributed by atoms with E-state index in [0.29, 0.717) is 18.0 Å². The van der Waals surface area contributed by atoms with Gasteiger partial charge in [0.25, 0.3) is 5.91 Å². The van der Waals surface area contributed by atoms with Crippen molar-refractivity contribution in [2.75, 3.05) is 25.0 Å². The molecule has 0 spiro atoms. The van der Waals surface area contributed by atoms with E-state index in [1.807, 2.05) is 37.4 Å². The number of hydrogen-bond donors (Lipinski definition) is 4. The molecule has 0 aliphatic carbocycles. The van der Waals surface area contributed by atoms with Crippen molar-refractivity contribution < 1.29 is 9.59 Å². The summed E-state index contributed by atoms with van der Waals surface area (Å²) in [6.45, 7) is 5.93. The van der Waals surface area contributed by atoms with Crippen molar-refractivity contribution in [1.82, 2.24) is 20.9 Å². The van der Waals surface area contributed by atoms with Crippen LogP contribution < -0.4 is 21.3 Å². The molecule has 8 nitrogen and oxygen atoms in total. The second kappa shape index (κ2) is 11.6. The average Bonchev–Trinajstić information content (AvgIpc) is 3.26. The third-order valence-corrected chi connectivity index (χ3v) is 6.06. The van der Waals surface area contributed by atoms with Crippen LogP contribution in [-0.4, -0.2) is 48.5 Å². The predicted octanol–water partition coefficient (Wildman–Crippen LogP) is 2.76. The van der Waals surface area contributed by atoms with Crippen molar-refractivity contribution in [3.63, 3.8) is 0 Å². The zero-order valence-corrected chi connectivity index (χ0v) is 19.3. The smallest absolute Gasteiger partial charge is 0.251 e. The summed E-state index contributed by atoms with van der Waals surface area (Å²) in [7, 11) is 0. The molecule has 1 atom stereocenters. The van der Waals surface area contributed by atoms with Crippen LogP contribution in [0.3, 0.4) is 0 Å². The number of nitrogens with one attached hydrogen (secondary N) is 4. The Bertz CT molecular complexity index is 944. The Morgan fingerprint density at radius 3 is 2.62 bits per heavy atom. The molecule has 0 unspecified atom stereocenters. The molecule has 2 aromatic rings. The van der Waals surface area contributed by atoms with Crippen molar-refractivity contribution in [2.24, 2.45) is 5.92 Å². The first kappa shape index (κ1) is 23.7. The van der Waals surface area contributed by atoms with Crippen LogP contribution in [0.1, 0.15) is 43.5 Å². The molecule has 0 bridgehead atoms.